The van der Waals surface area contributed by atoms with Crippen LogP contribution in [-0.2, 0) is 4.74 Å². The number of hydrogen-bond donors (Lipinski definition) is 2. The topological polar surface area (TPSA) is 47.3 Å². The van der Waals surface area contributed by atoms with Crippen molar-refractivity contribution in [3.63, 3.8) is 0 Å². The van der Waals surface area contributed by atoms with Crippen molar-refractivity contribution in [1.82, 2.24) is 5.43 Å². The minimum absolute atomic E-state index is 0.0347. The van der Waals surface area contributed by atoms with Gasteiger partial charge in [-0.15, -0.1) is 11.3 Å². The van der Waals surface area contributed by atoms with E-state index in [-0.39, 0.29) is 11.6 Å². The van der Waals surface area contributed by atoms with E-state index in [1.165, 1.54) is 10.4 Å². The van der Waals surface area contributed by atoms with Crippen LogP contribution in [0.5, 0.6) is 0 Å². The maximum absolute atomic E-state index is 5.57. The van der Waals surface area contributed by atoms with E-state index in [4.69, 9.17) is 10.6 Å². The molecule has 0 aliphatic rings. The van der Waals surface area contributed by atoms with E-state index in [1.807, 2.05) is 13.8 Å². The molecule has 0 spiro atoms. The predicted octanol–water partition coefficient (Wildman–Crippen LogP) is 1.99. The van der Waals surface area contributed by atoms with Crippen LogP contribution < -0.4 is 11.3 Å². The smallest absolute Gasteiger partial charge is 0.0839 e. The van der Waals surface area contributed by atoms with Crippen molar-refractivity contribution in [1.29, 1.82) is 0 Å². The van der Waals surface area contributed by atoms with Gasteiger partial charge in [0.25, 0.3) is 0 Å². The molecule has 1 aromatic rings. The molecule has 14 heavy (non-hydrogen) atoms. The summed E-state index contributed by atoms with van der Waals surface area (Å²) >= 11 is 1.70. The highest BCUT2D eigenvalue weighted by atomic mass is 32.1. The van der Waals surface area contributed by atoms with Crippen LogP contribution in [0.1, 0.15) is 30.3 Å². The van der Waals surface area contributed by atoms with Crippen molar-refractivity contribution in [3.8, 4) is 0 Å². The number of methoxy groups -OCH3 is 1. The second kappa shape index (κ2) is 4.40. The van der Waals surface area contributed by atoms with E-state index in [0.717, 1.165) is 0 Å². The lowest BCUT2D eigenvalue weighted by atomic mass is 9.96. The van der Waals surface area contributed by atoms with Crippen molar-refractivity contribution in [2.45, 2.75) is 32.4 Å². The number of rotatable bonds is 4. The summed E-state index contributed by atoms with van der Waals surface area (Å²) in [6.45, 7) is 6.13. The maximum Gasteiger partial charge on any atom is 0.0839 e. The van der Waals surface area contributed by atoms with Crippen LogP contribution in [0.2, 0.25) is 0 Å². The largest absolute Gasteiger partial charge is 0.377 e. The number of hydrogen-bond acceptors (Lipinski definition) is 4. The molecule has 0 aromatic carbocycles. The molecule has 0 saturated carbocycles. The molecule has 4 heteroatoms. The van der Waals surface area contributed by atoms with Crippen LogP contribution in [0.25, 0.3) is 0 Å². The zero-order valence-corrected chi connectivity index (χ0v) is 9.94. The highest BCUT2D eigenvalue weighted by molar-refractivity contribution is 7.10. The van der Waals surface area contributed by atoms with Crippen LogP contribution >= 0.6 is 11.3 Å². The van der Waals surface area contributed by atoms with E-state index in [2.05, 4.69) is 23.8 Å². The molecular formula is C10H18N2OS. The summed E-state index contributed by atoms with van der Waals surface area (Å²) in [5.41, 5.74) is 3.77. The molecule has 0 aliphatic carbocycles. The van der Waals surface area contributed by atoms with Gasteiger partial charge in [0.05, 0.1) is 11.6 Å². The van der Waals surface area contributed by atoms with E-state index in [0.29, 0.717) is 0 Å². The van der Waals surface area contributed by atoms with Crippen molar-refractivity contribution in [2.75, 3.05) is 7.11 Å². The summed E-state index contributed by atoms with van der Waals surface area (Å²) in [7, 11) is 1.70. The Morgan fingerprint density at radius 2 is 2.21 bits per heavy atom. The van der Waals surface area contributed by atoms with Gasteiger partial charge in [-0.2, -0.15) is 0 Å². The summed E-state index contributed by atoms with van der Waals surface area (Å²) in [6.07, 6.45) is 0. The number of nitrogens with two attached hydrogens (primary N) is 1. The second-order valence-corrected chi connectivity index (χ2v) is 4.82. The SMILES string of the molecule is COC(C)(C)C(NN)c1sccc1C. The molecule has 0 amide bonds. The van der Waals surface area contributed by atoms with E-state index >= 15 is 0 Å². The first-order chi connectivity index (χ1) is 6.53. The van der Waals surface area contributed by atoms with Gasteiger partial charge in [0.2, 0.25) is 0 Å². The standard InChI is InChI=1S/C10H18N2OS/c1-7-5-6-14-8(7)9(12-11)10(2,3)13-4/h5-6,9,12H,11H2,1-4H3. The molecule has 0 fully saturated rings. The van der Waals surface area contributed by atoms with Crippen LogP contribution in [0.4, 0.5) is 0 Å². The lowest BCUT2D eigenvalue weighted by molar-refractivity contribution is -0.0103. The molecule has 1 rings (SSSR count). The first-order valence-corrected chi connectivity index (χ1v) is 5.46. The molecule has 0 radical (unpaired) electrons. The summed E-state index contributed by atoms with van der Waals surface area (Å²) in [5, 5.41) is 2.07. The minimum atomic E-state index is -0.301. The molecular weight excluding hydrogens is 196 g/mol. The molecule has 0 bridgehead atoms. The third kappa shape index (κ3) is 2.15. The van der Waals surface area contributed by atoms with Gasteiger partial charge in [-0.1, -0.05) is 0 Å². The van der Waals surface area contributed by atoms with Crippen LogP contribution in [-0.4, -0.2) is 12.7 Å². The molecule has 0 saturated heterocycles. The Balaban J connectivity index is 2.99. The fourth-order valence-electron chi connectivity index (χ4n) is 1.39. The van der Waals surface area contributed by atoms with Crippen LogP contribution in [0, 0.1) is 6.92 Å². The van der Waals surface area contributed by atoms with Gasteiger partial charge < -0.3 is 4.74 Å². The molecule has 80 valence electrons. The van der Waals surface area contributed by atoms with Crippen molar-refractivity contribution >= 4 is 11.3 Å². The third-order valence-corrected chi connectivity index (χ3v) is 3.64. The number of nitrogens with one attached hydrogen (secondary N) is 1. The summed E-state index contributed by atoms with van der Waals surface area (Å²) < 4.78 is 5.43. The fourth-order valence-corrected chi connectivity index (χ4v) is 2.55. The normalized spacial score (nSPS) is 14.4. The van der Waals surface area contributed by atoms with Gasteiger partial charge in [-0.3, -0.25) is 5.84 Å². The number of aryl methyl sites for hydroxylation is 1. The van der Waals surface area contributed by atoms with Crippen molar-refractivity contribution in [2.24, 2.45) is 5.84 Å². The van der Waals surface area contributed by atoms with Gasteiger partial charge in [0.1, 0.15) is 0 Å². The fraction of sp³-hybridized carbons (Fsp3) is 0.600. The van der Waals surface area contributed by atoms with E-state index in [1.54, 1.807) is 18.4 Å². The lowest BCUT2D eigenvalue weighted by Crippen LogP contribution is -2.43. The zero-order valence-electron chi connectivity index (χ0n) is 9.13. The monoisotopic (exact) mass is 214 g/mol. The van der Waals surface area contributed by atoms with E-state index in [9.17, 15) is 0 Å². The molecule has 1 atom stereocenters. The molecule has 1 aromatic heterocycles. The Morgan fingerprint density at radius 1 is 1.57 bits per heavy atom. The lowest BCUT2D eigenvalue weighted by Gasteiger charge is -2.32. The molecule has 3 nitrogen and oxygen atoms in total. The third-order valence-electron chi connectivity index (χ3n) is 2.55. The zero-order chi connectivity index (χ0) is 10.8. The Morgan fingerprint density at radius 3 is 2.57 bits per heavy atom. The van der Waals surface area contributed by atoms with Gasteiger partial charge in [0, 0.05) is 12.0 Å². The summed E-state index contributed by atoms with van der Waals surface area (Å²) in [6, 6.07) is 2.13. The quantitative estimate of drug-likeness (QED) is 0.595. The Hall–Kier alpha value is -0.420. The molecule has 1 heterocycles. The van der Waals surface area contributed by atoms with Crippen molar-refractivity contribution in [3.05, 3.63) is 21.9 Å². The van der Waals surface area contributed by atoms with Gasteiger partial charge in [-0.25, -0.2) is 5.43 Å². The van der Waals surface area contributed by atoms with Gasteiger partial charge in [-0.05, 0) is 37.8 Å². The highest BCUT2D eigenvalue weighted by Crippen LogP contribution is 2.32. The van der Waals surface area contributed by atoms with Crippen LogP contribution in [0.15, 0.2) is 11.4 Å². The van der Waals surface area contributed by atoms with Crippen LogP contribution in [0.3, 0.4) is 0 Å². The summed E-state index contributed by atoms with van der Waals surface area (Å²) in [4.78, 5) is 1.24. The number of ether oxygens (including phenoxy) is 1. The molecule has 1 unspecified atom stereocenters. The maximum atomic E-state index is 5.57. The Kier molecular flexibility index (Phi) is 3.66. The van der Waals surface area contributed by atoms with Gasteiger partial charge in [0.15, 0.2) is 0 Å². The first-order valence-electron chi connectivity index (χ1n) is 4.58. The number of hydrazine groups is 1. The minimum Gasteiger partial charge on any atom is -0.377 e. The molecule has 0 aliphatic heterocycles. The number of thiophene rings is 1. The first kappa shape index (κ1) is 11.7. The average molecular weight is 214 g/mol. The average Bonchev–Trinajstić information content (AvgIpc) is 2.53. The Bertz CT molecular complexity index is 296. The van der Waals surface area contributed by atoms with E-state index < -0.39 is 0 Å². The Labute approximate surface area is 89.2 Å². The second-order valence-electron chi connectivity index (χ2n) is 3.88. The predicted molar refractivity (Wildman–Crippen MR) is 60.2 cm³/mol. The molecule has 3 N–H and O–H groups in total. The summed E-state index contributed by atoms with van der Waals surface area (Å²) in [5.74, 6) is 5.57. The van der Waals surface area contributed by atoms with Crippen molar-refractivity contribution < 1.29 is 4.74 Å². The van der Waals surface area contributed by atoms with Gasteiger partial charge >= 0.3 is 0 Å². The highest BCUT2D eigenvalue weighted by Gasteiger charge is 2.31.